The summed E-state index contributed by atoms with van der Waals surface area (Å²) in [5.74, 6) is 0.317. The van der Waals surface area contributed by atoms with Gasteiger partial charge in [0.05, 0.1) is 10.7 Å². The molecule has 0 bridgehead atoms. The van der Waals surface area contributed by atoms with Crippen LogP contribution in [-0.4, -0.2) is 18.2 Å². The van der Waals surface area contributed by atoms with Gasteiger partial charge in [-0.05, 0) is 28.7 Å². The maximum atomic E-state index is 10.8. The second-order valence-corrected chi connectivity index (χ2v) is 3.71. The van der Waals surface area contributed by atoms with E-state index in [4.69, 9.17) is 9.47 Å². The molecule has 0 radical (unpaired) electrons. The van der Waals surface area contributed by atoms with Gasteiger partial charge in [0.1, 0.15) is 5.75 Å². The lowest BCUT2D eigenvalue weighted by molar-refractivity contribution is -0.132. The average molecular weight is 308 g/mol. The summed E-state index contributed by atoms with van der Waals surface area (Å²) in [6, 6.07) is 2.88. The van der Waals surface area contributed by atoms with Crippen LogP contribution in [0.2, 0.25) is 0 Å². The van der Waals surface area contributed by atoms with Crippen LogP contribution in [0.15, 0.2) is 12.1 Å². The number of methoxy groups -OCH3 is 1. The first kappa shape index (κ1) is 11.1. The Morgan fingerprint density at radius 3 is 2.64 bits per heavy atom. The van der Waals surface area contributed by atoms with Crippen molar-refractivity contribution in [3.05, 3.63) is 15.7 Å². The van der Waals surface area contributed by atoms with Gasteiger partial charge < -0.3 is 14.6 Å². The molecule has 0 saturated heterocycles. The number of carbonyl (C=O) groups excluding carboxylic acids is 1. The molecule has 1 rings (SSSR count). The van der Waals surface area contributed by atoms with E-state index in [1.165, 1.54) is 26.2 Å². The predicted molar refractivity (Wildman–Crippen MR) is 58.7 cm³/mol. The first-order valence-electron chi connectivity index (χ1n) is 3.79. The van der Waals surface area contributed by atoms with E-state index in [1.54, 1.807) is 0 Å². The fraction of sp³-hybridized carbons (Fsp3) is 0.222. The van der Waals surface area contributed by atoms with E-state index in [-0.39, 0.29) is 5.75 Å². The molecule has 0 saturated carbocycles. The van der Waals surface area contributed by atoms with Crippen LogP contribution in [0, 0.1) is 3.57 Å². The molecule has 5 heteroatoms. The predicted octanol–water partition coefficient (Wildman–Crippen LogP) is 1.93. The quantitative estimate of drug-likeness (QED) is 0.515. The van der Waals surface area contributed by atoms with Crippen molar-refractivity contribution in [2.75, 3.05) is 7.11 Å². The van der Waals surface area contributed by atoms with E-state index in [1.807, 2.05) is 22.6 Å². The third-order valence-corrected chi connectivity index (χ3v) is 2.26. The Labute approximate surface area is 95.0 Å². The molecule has 1 aromatic carbocycles. The molecule has 0 aromatic heterocycles. The smallest absolute Gasteiger partial charge is 0.308 e. The third-order valence-electron chi connectivity index (χ3n) is 1.46. The van der Waals surface area contributed by atoms with E-state index >= 15 is 0 Å². The summed E-state index contributed by atoms with van der Waals surface area (Å²) in [4.78, 5) is 10.8. The van der Waals surface area contributed by atoms with Gasteiger partial charge in [-0.3, -0.25) is 4.79 Å². The zero-order valence-electron chi connectivity index (χ0n) is 7.70. The second kappa shape index (κ2) is 4.50. The molecular formula is C9H9IO4. The Morgan fingerprint density at radius 1 is 1.50 bits per heavy atom. The maximum Gasteiger partial charge on any atom is 0.308 e. The molecule has 0 atom stereocenters. The van der Waals surface area contributed by atoms with E-state index in [9.17, 15) is 9.90 Å². The molecular weight excluding hydrogens is 299 g/mol. The van der Waals surface area contributed by atoms with Gasteiger partial charge in [0.2, 0.25) is 0 Å². The molecule has 1 aromatic rings. The van der Waals surface area contributed by atoms with Gasteiger partial charge in [0.25, 0.3) is 0 Å². The molecule has 0 unspecified atom stereocenters. The number of halogens is 1. The van der Waals surface area contributed by atoms with Crippen LogP contribution >= 0.6 is 22.6 Å². The van der Waals surface area contributed by atoms with Crippen molar-refractivity contribution in [1.29, 1.82) is 0 Å². The van der Waals surface area contributed by atoms with Crippen LogP contribution in [-0.2, 0) is 4.79 Å². The van der Waals surface area contributed by atoms with Crippen molar-refractivity contribution in [1.82, 2.24) is 0 Å². The van der Waals surface area contributed by atoms with Gasteiger partial charge in [0.15, 0.2) is 11.5 Å². The van der Waals surface area contributed by atoms with Crippen molar-refractivity contribution in [3.8, 4) is 17.2 Å². The van der Waals surface area contributed by atoms with Gasteiger partial charge in [-0.2, -0.15) is 0 Å². The Morgan fingerprint density at radius 2 is 2.14 bits per heavy atom. The van der Waals surface area contributed by atoms with Crippen LogP contribution in [0.4, 0.5) is 0 Å². The second-order valence-electron chi connectivity index (χ2n) is 2.55. The molecule has 0 spiro atoms. The number of aromatic hydroxyl groups is 1. The number of esters is 1. The summed E-state index contributed by atoms with van der Waals surface area (Å²) in [6.45, 7) is 1.31. The number of phenolic OH excluding ortho intramolecular Hbond substituents is 1. The molecule has 76 valence electrons. The number of ether oxygens (including phenoxy) is 2. The van der Waals surface area contributed by atoms with E-state index in [2.05, 4.69) is 0 Å². The highest BCUT2D eigenvalue weighted by Crippen LogP contribution is 2.36. The lowest BCUT2D eigenvalue weighted by Crippen LogP contribution is -2.04. The standard InChI is InChI=1S/C9H9IO4/c1-5(11)14-9-7(10)3-6(12)4-8(9)13-2/h3-4,12H,1-2H3. The first-order valence-corrected chi connectivity index (χ1v) is 4.87. The highest BCUT2D eigenvalue weighted by molar-refractivity contribution is 14.1. The van der Waals surface area contributed by atoms with Crippen molar-refractivity contribution in [3.63, 3.8) is 0 Å². The third kappa shape index (κ3) is 2.50. The molecule has 0 heterocycles. The summed E-state index contributed by atoms with van der Waals surface area (Å²) in [6.07, 6.45) is 0. The van der Waals surface area contributed by atoms with Crippen LogP contribution in [0.5, 0.6) is 17.2 Å². The van der Waals surface area contributed by atoms with Crippen LogP contribution in [0.25, 0.3) is 0 Å². The highest BCUT2D eigenvalue weighted by atomic mass is 127. The molecule has 0 aliphatic rings. The Hall–Kier alpha value is -0.980. The summed E-state index contributed by atoms with van der Waals surface area (Å²) in [7, 11) is 1.44. The summed E-state index contributed by atoms with van der Waals surface area (Å²) in [5.41, 5.74) is 0. The van der Waals surface area contributed by atoms with Gasteiger partial charge in [0, 0.05) is 13.0 Å². The van der Waals surface area contributed by atoms with Gasteiger partial charge >= 0.3 is 5.97 Å². The minimum Gasteiger partial charge on any atom is -0.508 e. The summed E-state index contributed by atoms with van der Waals surface area (Å²) in [5, 5.41) is 9.26. The zero-order valence-corrected chi connectivity index (χ0v) is 9.86. The van der Waals surface area contributed by atoms with Gasteiger partial charge in [-0.25, -0.2) is 0 Å². The van der Waals surface area contributed by atoms with Crippen LogP contribution < -0.4 is 9.47 Å². The van der Waals surface area contributed by atoms with Crippen molar-refractivity contribution < 1.29 is 19.4 Å². The van der Waals surface area contributed by atoms with Crippen LogP contribution in [0.3, 0.4) is 0 Å². The summed E-state index contributed by atoms with van der Waals surface area (Å²) >= 11 is 1.95. The summed E-state index contributed by atoms with van der Waals surface area (Å²) < 4.78 is 10.5. The molecule has 1 N–H and O–H groups in total. The van der Waals surface area contributed by atoms with Crippen molar-refractivity contribution in [2.45, 2.75) is 6.92 Å². The van der Waals surface area contributed by atoms with E-state index < -0.39 is 5.97 Å². The zero-order chi connectivity index (χ0) is 10.7. The Bertz CT molecular complexity index is 362. The number of hydrogen-bond acceptors (Lipinski definition) is 4. The van der Waals surface area contributed by atoms with Gasteiger partial charge in [-0.15, -0.1) is 0 Å². The molecule has 0 aliphatic heterocycles. The van der Waals surface area contributed by atoms with Gasteiger partial charge in [-0.1, -0.05) is 0 Å². The molecule has 0 amide bonds. The SMILES string of the molecule is COc1cc(O)cc(I)c1OC(C)=O. The molecule has 0 fully saturated rings. The first-order chi connectivity index (χ1) is 6.54. The highest BCUT2D eigenvalue weighted by Gasteiger charge is 2.12. The van der Waals surface area contributed by atoms with E-state index in [0.717, 1.165) is 0 Å². The van der Waals surface area contributed by atoms with E-state index in [0.29, 0.717) is 15.1 Å². The lowest BCUT2D eigenvalue weighted by atomic mass is 10.3. The fourth-order valence-electron chi connectivity index (χ4n) is 0.949. The molecule has 0 aliphatic carbocycles. The average Bonchev–Trinajstić information content (AvgIpc) is 2.08. The minimum atomic E-state index is -0.424. The number of carbonyl (C=O) groups is 1. The fourth-order valence-corrected chi connectivity index (χ4v) is 1.64. The maximum absolute atomic E-state index is 10.8. The lowest BCUT2D eigenvalue weighted by Gasteiger charge is -2.09. The Kier molecular flexibility index (Phi) is 3.56. The minimum absolute atomic E-state index is 0.0714. The normalized spacial score (nSPS) is 9.64. The molecule has 4 nitrogen and oxygen atoms in total. The number of phenols is 1. The van der Waals surface area contributed by atoms with Crippen molar-refractivity contribution >= 4 is 28.6 Å². The molecule has 14 heavy (non-hydrogen) atoms. The Balaban J connectivity index is 3.18. The van der Waals surface area contributed by atoms with Crippen LogP contribution in [0.1, 0.15) is 6.92 Å². The number of rotatable bonds is 2. The largest absolute Gasteiger partial charge is 0.508 e. The number of hydrogen-bond donors (Lipinski definition) is 1. The monoisotopic (exact) mass is 308 g/mol. The number of benzene rings is 1. The topological polar surface area (TPSA) is 55.8 Å². The van der Waals surface area contributed by atoms with Crippen molar-refractivity contribution in [2.24, 2.45) is 0 Å².